The van der Waals surface area contributed by atoms with Crippen molar-refractivity contribution in [1.82, 2.24) is 10.2 Å². The molecule has 2 amide bonds. The maximum atomic E-state index is 12.2. The number of benzene rings is 1. The topological polar surface area (TPSA) is 101 Å². The Morgan fingerprint density at radius 1 is 1.20 bits per heavy atom. The maximum absolute atomic E-state index is 12.2. The number of nitrogens with one attached hydrogen (secondary N) is 1. The molecule has 1 aliphatic rings. The van der Waals surface area contributed by atoms with Crippen molar-refractivity contribution in [2.45, 2.75) is 18.9 Å². The quantitative estimate of drug-likeness (QED) is 0.686. The van der Waals surface area contributed by atoms with E-state index in [1.165, 1.54) is 12.1 Å². The first-order valence-corrected chi connectivity index (χ1v) is 6.65. The third-order valence-electron chi connectivity index (χ3n) is 3.56. The lowest BCUT2D eigenvalue weighted by atomic mass is 10.0. The van der Waals surface area contributed by atoms with Gasteiger partial charge in [-0.05, 0) is 51.2 Å². The molecule has 1 fully saturated rings. The van der Waals surface area contributed by atoms with Gasteiger partial charge in [-0.2, -0.15) is 0 Å². The molecule has 1 heterocycles. The molecule has 0 unspecified atom stereocenters. The highest BCUT2D eigenvalue weighted by Gasteiger charge is 2.19. The Balaban J connectivity index is 2.07. The summed E-state index contributed by atoms with van der Waals surface area (Å²) in [7, 11) is 2.06. The Bertz CT molecular complexity index is 522. The van der Waals surface area contributed by atoms with E-state index >= 15 is 0 Å². The van der Waals surface area contributed by atoms with Crippen LogP contribution in [0, 0.1) is 0 Å². The predicted octanol–water partition coefficient (Wildman–Crippen LogP) is 0.192. The van der Waals surface area contributed by atoms with E-state index in [-0.39, 0.29) is 17.5 Å². The molecular formula is C14H20N4O2. The van der Waals surface area contributed by atoms with E-state index in [1.54, 1.807) is 6.07 Å². The zero-order valence-electron chi connectivity index (χ0n) is 11.6. The third-order valence-corrected chi connectivity index (χ3v) is 3.56. The molecule has 6 heteroatoms. The van der Waals surface area contributed by atoms with Crippen molar-refractivity contribution in [2.24, 2.45) is 5.73 Å². The summed E-state index contributed by atoms with van der Waals surface area (Å²) in [6.45, 7) is 1.93. The molecule has 5 N–H and O–H groups in total. The molecule has 0 spiro atoms. The van der Waals surface area contributed by atoms with E-state index in [9.17, 15) is 9.59 Å². The van der Waals surface area contributed by atoms with Gasteiger partial charge in [0.25, 0.3) is 5.91 Å². The van der Waals surface area contributed by atoms with Crippen LogP contribution in [0.4, 0.5) is 5.69 Å². The third kappa shape index (κ3) is 3.48. The van der Waals surface area contributed by atoms with Crippen LogP contribution in [0.5, 0.6) is 0 Å². The van der Waals surface area contributed by atoms with Gasteiger partial charge < -0.3 is 21.7 Å². The molecule has 108 valence electrons. The average Bonchev–Trinajstić information content (AvgIpc) is 2.40. The van der Waals surface area contributed by atoms with Crippen molar-refractivity contribution in [3.05, 3.63) is 29.3 Å². The van der Waals surface area contributed by atoms with Crippen LogP contribution in [-0.4, -0.2) is 42.9 Å². The number of nitrogens with zero attached hydrogens (tertiary/aromatic N) is 1. The van der Waals surface area contributed by atoms with Gasteiger partial charge in [0.05, 0.1) is 0 Å². The predicted molar refractivity (Wildman–Crippen MR) is 77.4 cm³/mol. The zero-order valence-corrected chi connectivity index (χ0v) is 11.6. The van der Waals surface area contributed by atoms with Gasteiger partial charge in [-0.25, -0.2) is 0 Å². The molecule has 0 atom stereocenters. The summed E-state index contributed by atoms with van der Waals surface area (Å²) < 4.78 is 0. The molecule has 2 rings (SSSR count). The van der Waals surface area contributed by atoms with Gasteiger partial charge in [-0.15, -0.1) is 0 Å². The minimum absolute atomic E-state index is 0.164. The van der Waals surface area contributed by atoms with Gasteiger partial charge in [0, 0.05) is 22.9 Å². The van der Waals surface area contributed by atoms with Gasteiger partial charge in [-0.1, -0.05) is 0 Å². The van der Waals surface area contributed by atoms with Crippen molar-refractivity contribution in [2.75, 3.05) is 25.9 Å². The Labute approximate surface area is 118 Å². The lowest BCUT2D eigenvalue weighted by Gasteiger charge is -2.29. The number of anilines is 1. The number of rotatable bonds is 3. The van der Waals surface area contributed by atoms with Crippen molar-refractivity contribution < 1.29 is 9.59 Å². The number of likely N-dealkylation sites (tertiary alicyclic amines) is 1. The lowest BCUT2D eigenvalue weighted by Crippen LogP contribution is -2.43. The molecule has 1 saturated heterocycles. The number of piperidine rings is 1. The number of hydrogen-bond acceptors (Lipinski definition) is 4. The molecule has 1 aromatic rings. The van der Waals surface area contributed by atoms with Gasteiger partial charge in [0.2, 0.25) is 5.91 Å². The normalized spacial score (nSPS) is 16.9. The smallest absolute Gasteiger partial charge is 0.251 e. The van der Waals surface area contributed by atoms with Crippen LogP contribution in [0.3, 0.4) is 0 Å². The second-order valence-corrected chi connectivity index (χ2v) is 5.26. The fourth-order valence-corrected chi connectivity index (χ4v) is 2.35. The first-order chi connectivity index (χ1) is 9.45. The van der Waals surface area contributed by atoms with Crippen molar-refractivity contribution in [3.63, 3.8) is 0 Å². The summed E-state index contributed by atoms with van der Waals surface area (Å²) in [5.41, 5.74) is 11.9. The fourth-order valence-electron chi connectivity index (χ4n) is 2.35. The first-order valence-electron chi connectivity index (χ1n) is 6.65. The molecule has 0 radical (unpaired) electrons. The number of nitrogen functional groups attached to an aromatic ring is 1. The summed E-state index contributed by atoms with van der Waals surface area (Å²) in [5, 5.41) is 2.98. The molecular weight excluding hydrogens is 256 g/mol. The Morgan fingerprint density at radius 2 is 1.80 bits per heavy atom. The van der Waals surface area contributed by atoms with Gasteiger partial charge in [-0.3, -0.25) is 9.59 Å². The molecule has 0 saturated carbocycles. The van der Waals surface area contributed by atoms with E-state index in [0.717, 1.165) is 25.9 Å². The Hall–Kier alpha value is -2.08. The van der Waals surface area contributed by atoms with E-state index in [4.69, 9.17) is 11.5 Å². The monoisotopic (exact) mass is 276 g/mol. The van der Waals surface area contributed by atoms with Crippen LogP contribution in [0.2, 0.25) is 0 Å². The Morgan fingerprint density at radius 3 is 2.40 bits per heavy atom. The molecule has 20 heavy (non-hydrogen) atoms. The minimum atomic E-state index is -0.592. The molecule has 0 aromatic heterocycles. The number of carbonyl (C=O) groups excluding carboxylic acids is 2. The van der Waals surface area contributed by atoms with Crippen LogP contribution in [0.25, 0.3) is 0 Å². The van der Waals surface area contributed by atoms with Crippen LogP contribution >= 0.6 is 0 Å². The Kier molecular flexibility index (Phi) is 4.24. The SMILES string of the molecule is CN1CCC(NC(=O)c2cc(N)cc(C(N)=O)c2)CC1. The summed E-state index contributed by atoms with van der Waals surface area (Å²) >= 11 is 0. The van der Waals surface area contributed by atoms with E-state index in [0.29, 0.717) is 11.3 Å². The first kappa shape index (κ1) is 14.3. The summed E-state index contributed by atoms with van der Waals surface area (Å²) in [6.07, 6.45) is 1.85. The zero-order chi connectivity index (χ0) is 14.7. The van der Waals surface area contributed by atoms with Gasteiger partial charge >= 0.3 is 0 Å². The van der Waals surface area contributed by atoms with Crippen molar-refractivity contribution in [1.29, 1.82) is 0 Å². The molecule has 1 aliphatic heterocycles. The van der Waals surface area contributed by atoms with Crippen molar-refractivity contribution >= 4 is 17.5 Å². The fraction of sp³-hybridized carbons (Fsp3) is 0.429. The molecule has 6 nitrogen and oxygen atoms in total. The van der Waals surface area contributed by atoms with E-state index in [2.05, 4.69) is 17.3 Å². The number of amides is 2. The molecule has 1 aromatic carbocycles. The minimum Gasteiger partial charge on any atom is -0.399 e. The molecule has 0 aliphatic carbocycles. The second-order valence-electron chi connectivity index (χ2n) is 5.26. The van der Waals surface area contributed by atoms with Crippen molar-refractivity contribution in [3.8, 4) is 0 Å². The van der Waals surface area contributed by atoms with Gasteiger partial charge in [0.1, 0.15) is 0 Å². The van der Waals surface area contributed by atoms with E-state index < -0.39 is 5.91 Å². The standard InChI is InChI=1S/C14H20N4O2/c1-18-4-2-12(3-5-18)17-14(20)10-6-9(13(16)19)7-11(15)8-10/h6-8,12H,2-5,15H2,1H3,(H2,16,19)(H,17,20). The number of hydrogen-bond donors (Lipinski definition) is 3. The highest BCUT2D eigenvalue weighted by Crippen LogP contribution is 2.14. The average molecular weight is 276 g/mol. The van der Waals surface area contributed by atoms with Crippen LogP contribution in [0.1, 0.15) is 33.6 Å². The van der Waals surface area contributed by atoms with Gasteiger partial charge in [0.15, 0.2) is 0 Å². The summed E-state index contributed by atoms with van der Waals surface area (Å²) in [4.78, 5) is 25.6. The maximum Gasteiger partial charge on any atom is 0.251 e. The van der Waals surface area contributed by atoms with Crippen LogP contribution < -0.4 is 16.8 Å². The lowest BCUT2D eigenvalue weighted by molar-refractivity contribution is 0.0917. The highest BCUT2D eigenvalue weighted by molar-refractivity contribution is 6.00. The summed E-state index contributed by atoms with van der Waals surface area (Å²) in [5.74, 6) is -0.806. The van der Waals surface area contributed by atoms with Crippen LogP contribution in [-0.2, 0) is 0 Å². The second kappa shape index (κ2) is 5.92. The molecule has 0 bridgehead atoms. The van der Waals surface area contributed by atoms with E-state index in [1.807, 2.05) is 0 Å². The van der Waals surface area contributed by atoms with Crippen LogP contribution in [0.15, 0.2) is 18.2 Å². The highest BCUT2D eigenvalue weighted by atomic mass is 16.2. The number of nitrogens with two attached hydrogens (primary N) is 2. The largest absolute Gasteiger partial charge is 0.399 e. The number of carbonyl (C=O) groups is 2. The number of primary amides is 1. The summed E-state index contributed by atoms with van der Waals surface area (Å²) in [6, 6.07) is 4.66.